The Kier molecular flexibility index (Phi) is 3.73. The molecule has 2 heterocycles. The molecule has 19 heavy (non-hydrogen) atoms. The fourth-order valence-corrected chi connectivity index (χ4v) is 3.16. The van der Waals surface area contributed by atoms with E-state index in [0.717, 1.165) is 28.9 Å². The van der Waals surface area contributed by atoms with Crippen molar-refractivity contribution < 1.29 is 4.39 Å². The summed E-state index contributed by atoms with van der Waals surface area (Å²) in [5.74, 6) is 0.664. The summed E-state index contributed by atoms with van der Waals surface area (Å²) in [5, 5.41) is 1.04. The summed E-state index contributed by atoms with van der Waals surface area (Å²) in [4.78, 5) is 10.2. The molecule has 0 spiro atoms. The van der Waals surface area contributed by atoms with Gasteiger partial charge in [-0.3, -0.25) is 0 Å². The Balaban J connectivity index is 1.86. The average molecular weight is 326 g/mol. The van der Waals surface area contributed by atoms with Gasteiger partial charge in [0.25, 0.3) is 0 Å². The molecule has 1 saturated heterocycles. The summed E-state index contributed by atoms with van der Waals surface area (Å²) in [7, 11) is 0. The first-order valence-electron chi connectivity index (χ1n) is 6.76. The van der Waals surface area contributed by atoms with E-state index >= 15 is 0 Å². The van der Waals surface area contributed by atoms with Crippen LogP contribution in [0.2, 0.25) is 0 Å². The zero-order valence-electron chi connectivity index (χ0n) is 10.7. The lowest BCUT2D eigenvalue weighted by Crippen LogP contribution is -2.30. The highest BCUT2D eigenvalue weighted by Gasteiger charge is 2.26. The Morgan fingerprint density at radius 1 is 1.47 bits per heavy atom. The zero-order valence-corrected chi connectivity index (χ0v) is 12.3. The van der Waals surface area contributed by atoms with Gasteiger partial charge in [0, 0.05) is 17.9 Å². The minimum Gasteiger partial charge on any atom is -0.339 e. The van der Waals surface area contributed by atoms with Gasteiger partial charge in [-0.2, -0.15) is 0 Å². The smallest absolute Gasteiger partial charge is 0.204 e. The van der Waals surface area contributed by atoms with E-state index in [1.54, 1.807) is 6.07 Å². The van der Waals surface area contributed by atoms with Gasteiger partial charge in [-0.05, 0) is 43.9 Å². The third kappa shape index (κ3) is 2.61. The van der Waals surface area contributed by atoms with Crippen LogP contribution in [0.5, 0.6) is 0 Å². The molecule has 1 aromatic carbocycles. The van der Waals surface area contributed by atoms with Crippen molar-refractivity contribution >= 4 is 32.9 Å². The van der Waals surface area contributed by atoms with Crippen molar-refractivity contribution in [3.63, 3.8) is 0 Å². The number of hydrogen-bond donors (Lipinski definition) is 1. The zero-order chi connectivity index (χ0) is 13.2. The Labute approximate surface area is 120 Å². The summed E-state index contributed by atoms with van der Waals surface area (Å²) in [5.41, 5.74) is 1.61. The Hall–Kier alpha value is -1.10. The molecule has 3 nitrogen and oxygen atoms in total. The van der Waals surface area contributed by atoms with Crippen LogP contribution in [0.3, 0.4) is 0 Å². The number of aromatic amines is 1. The normalized spacial score (nSPS) is 19.5. The molecule has 1 atom stereocenters. The van der Waals surface area contributed by atoms with Gasteiger partial charge in [0.2, 0.25) is 5.95 Å². The number of nitrogens with one attached hydrogen (secondary N) is 1. The van der Waals surface area contributed by atoms with E-state index < -0.39 is 0 Å². The standard InChI is InChI=1S/C14H17BrFN3/c15-7-1-3-11-4-2-8-19(11)14-17-12-6-5-10(16)9-13(12)18-14/h5-6,9,11H,1-4,7-8H2,(H,17,18). The minimum atomic E-state index is -0.222. The first kappa shape index (κ1) is 12.9. The summed E-state index contributed by atoms with van der Waals surface area (Å²) in [6.07, 6.45) is 4.78. The van der Waals surface area contributed by atoms with Gasteiger partial charge in [-0.15, -0.1) is 0 Å². The van der Waals surface area contributed by atoms with Crippen LogP contribution in [0, 0.1) is 5.82 Å². The maximum absolute atomic E-state index is 13.2. The van der Waals surface area contributed by atoms with Gasteiger partial charge in [-0.1, -0.05) is 15.9 Å². The van der Waals surface area contributed by atoms with Crippen molar-refractivity contribution in [3.8, 4) is 0 Å². The third-order valence-corrected chi connectivity index (χ3v) is 4.31. The number of rotatable bonds is 4. The topological polar surface area (TPSA) is 31.9 Å². The molecule has 1 aliphatic heterocycles. The maximum Gasteiger partial charge on any atom is 0.204 e. The van der Waals surface area contributed by atoms with Crippen LogP contribution in [-0.4, -0.2) is 27.9 Å². The molecule has 0 aliphatic carbocycles. The number of aromatic nitrogens is 2. The van der Waals surface area contributed by atoms with E-state index in [1.807, 2.05) is 0 Å². The molecular weight excluding hydrogens is 309 g/mol. The molecule has 1 aromatic heterocycles. The number of fused-ring (bicyclic) bond motifs is 1. The predicted molar refractivity (Wildman–Crippen MR) is 79.4 cm³/mol. The third-order valence-electron chi connectivity index (χ3n) is 3.75. The van der Waals surface area contributed by atoms with Gasteiger partial charge in [0.1, 0.15) is 5.82 Å². The van der Waals surface area contributed by atoms with Gasteiger partial charge in [-0.25, -0.2) is 9.37 Å². The average Bonchev–Trinajstić information content (AvgIpc) is 3.01. The molecule has 2 aromatic rings. The first-order chi connectivity index (χ1) is 9.28. The second-order valence-electron chi connectivity index (χ2n) is 5.04. The van der Waals surface area contributed by atoms with Crippen LogP contribution < -0.4 is 4.90 Å². The maximum atomic E-state index is 13.2. The largest absolute Gasteiger partial charge is 0.339 e. The summed E-state index contributed by atoms with van der Waals surface area (Å²) in [6.45, 7) is 1.04. The number of benzene rings is 1. The number of halogens is 2. The molecule has 0 radical (unpaired) electrons. The van der Waals surface area contributed by atoms with Crippen molar-refractivity contribution in [1.29, 1.82) is 0 Å². The number of anilines is 1. The Bertz CT molecular complexity index is 569. The first-order valence-corrected chi connectivity index (χ1v) is 7.88. The molecule has 0 saturated carbocycles. The SMILES string of the molecule is Fc1ccc2nc(N3CCCC3CCCBr)[nH]c2c1. The molecule has 3 rings (SSSR count). The molecule has 1 unspecified atom stereocenters. The number of H-pyrrole nitrogens is 1. The molecule has 0 amide bonds. The minimum absolute atomic E-state index is 0.222. The second kappa shape index (κ2) is 5.49. The fourth-order valence-electron chi connectivity index (χ4n) is 2.83. The van der Waals surface area contributed by atoms with Crippen LogP contribution >= 0.6 is 15.9 Å². The lowest BCUT2D eigenvalue weighted by molar-refractivity contribution is 0.598. The quantitative estimate of drug-likeness (QED) is 0.866. The molecular formula is C14H17BrFN3. The predicted octanol–water partition coefficient (Wildman–Crippen LogP) is 3.85. The summed E-state index contributed by atoms with van der Waals surface area (Å²) < 4.78 is 13.2. The van der Waals surface area contributed by atoms with E-state index in [4.69, 9.17) is 0 Å². The van der Waals surface area contributed by atoms with E-state index in [-0.39, 0.29) is 5.82 Å². The highest BCUT2D eigenvalue weighted by atomic mass is 79.9. The second-order valence-corrected chi connectivity index (χ2v) is 5.84. The molecule has 1 aliphatic rings. The molecule has 5 heteroatoms. The number of nitrogens with zero attached hydrogens (tertiary/aromatic N) is 2. The number of imidazole rings is 1. The van der Waals surface area contributed by atoms with Crippen molar-refractivity contribution in [2.45, 2.75) is 31.7 Å². The Morgan fingerprint density at radius 3 is 3.21 bits per heavy atom. The van der Waals surface area contributed by atoms with Gasteiger partial charge < -0.3 is 9.88 Å². The van der Waals surface area contributed by atoms with Crippen molar-refractivity contribution in [3.05, 3.63) is 24.0 Å². The summed E-state index contributed by atoms with van der Waals surface area (Å²) in [6, 6.07) is 5.26. The lowest BCUT2D eigenvalue weighted by atomic mass is 10.1. The van der Waals surface area contributed by atoms with Crippen LogP contribution in [-0.2, 0) is 0 Å². The van der Waals surface area contributed by atoms with E-state index in [1.165, 1.54) is 37.8 Å². The monoisotopic (exact) mass is 325 g/mol. The van der Waals surface area contributed by atoms with Gasteiger partial charge >= 0.3 is 0 Å². The number of hydrogen-bond acceptors (Lipinski definition) is 2. The van der Waals surface area contributed by atoms with E-state index in [9.17, 15) is 4.39 Å². The summed E-state index contributed by atoms with van der Waals surface area (Å²) >= 11 is 3.49. The fraction of sp³-hybridized carbons (Fsp3) is 0.500. The highest BCUT2D eigenvalue weighted by molar-refractivity contribution is 9.09. The van der Waals surface area contributed by atoms with Crippen molar-refractivity contribution in [2.75, 3.05) is 16.8 Å². The van der Waals surface area contributed by atoms with Crippen LogP contribution in [0.15, 0.2) is 18.2 Å². The van der Waals surface area contributed by atoms with Crippen LogP contribution in [0.1, 0.15) is 25.7 Å². The van der Waals surface area contributed by atoms with E-state index in [0.29, 0.717) is 6.04 Å². The molecule has 1 fully saturated rings. The number of alkyl halides is 1. The van der Waals surface area contributed by atoms with Crippen LogP contribution in [0.25, 0.3) is 11.0 Å². The Morgan fingerprint density at radius 2 is 2.37 bits per heavy atom. The van der Waals surface area contributed by atoms with Crippen molar-refractivity contribution in [2.24, 2.45) is 0 Å². The van der Waals surface area contributed by atoms with Crippen molar-refractivity contribution in [1.82, 2.24) is 9.97 Å². The lowest BCUT2D eigenvalue weighted by Gasteiger charge is -2.23. The van der Waals surface area contributed by atoms with Gasteiger partial charge in [0.05, 0.1) is 11.0 Å². The molecule has 102 valence electrons. The van der Waals surface area contributed by atoms with E-state index in [2.05, 4.69) is 30.8 Å². The highest BCUT2D eigenvalue weighted by Crippen LogP contribution is 2.28. The molecule has 0 bridgehead atoms. The van der Waals surface area contributed by atoms with Crippen LogP contribution in [0.4, 0.5) is 10.3 Å². The molecule has 1 N–H and O–H groups in total. The van der Waals surface area contributed by atoms with Gasteiger partial charge in [0.15, 0.2) is 0 Å².